The fraction of sp³-hybridized carbons (Fsp3) is 0.167. The van der Waals surface area contributed by atoms with Crippen molar-refractivity contribution in [3.05, 3.63) is 78.8 Å². The van der Waals surface area contributed by atoms with Crippen molar-refractivity contribution in [2.45, 2.75) is 13.1 Å². The smallest absolute Gasteiger partial charge is 0.239 e. The van der Waals surface area contributed by atoms with E-state index >= 15 is 0 Å². The zero-order chi connectivity index (χ0) is 17.3. The normalized spacial score (nSPS) is 10.6. The third-order valence-electron chi connectivity index (χ3n) is 3.42. The van der Waals surface area contributed by atoms with Crippen LogP contribution in [0, 0.1) is 0 Å². The van der Waals surface area contributed by atoms with E-state index < -0.39 is 0 Å². The minimum absolute atomic E-state index is 0.160. The second kappa shape index (κ2) is 8.60. The van der Waals surface area contributed by atoms with Crippen molar-refractivity contribution in [1.29, 1.82) is 0 Å². The molecule has 0 atom stereocenters. The van der Waals surface area contributed by atoms with Gasteiger partial charge in [-0.25, -0.2) is 4.98 Å². The lowest BCUT2D eigenvalue weighted by atomic mass is 10.3. The van der Waals surface area contributed by atoms with Gasteiger partial charge in [-0.15, -0.1) is 0 Å². The molecule has 0 fully saturated rings. The van der Waals surface area contributed by atoms with E-state index in [-0.39, 0.29) is 12.5 Å². The Hall–Kier alpha value is -3.19. The molecule has 25 heavy (non-hydrogen) atoms. The minimum atomic E-state index is -0.160. The van der Waals surface area contributed by atoms with Crippen LogP contribution in [0.5, 0.6) is 0 Å². The first-order valence-corrected chi connectivity index (χ1v) is 7.87. The van der Waals surface area contributed by atoms with Crippen LogP contribution in [-0.4, -0.2) is 37.3 Å². The van der Waals surface area contributed by atoms with Gasteiger partial charge in [-0.3, -0.25) is 24.6 Å². The van der Waals surface area contributed by atoms with E-state index in [1.807, 2.05) is 41.3 Å². The number of nitrogens with one attached hydrogen (secondary N) is 1. The summed E-state index contributed by atoms with van der Waals surface area (Å²) in [6, 6.07) is 11.5. The molecular formula is C18H18N6O. The number of nitrogens with zero attached hydrogens (tertiary/aromatic N) is 5. The third kappa shape index (κ3) is 5.43. The highest BCUT2D eigenvalue weighted by Gasteiger charge is 2.14. The highest BCUT2D eigenvalue weighted by molar-refractivity contribution is 5.91. The summed E-state index contributed by atoms with van der Waals surface area (Å²) < 4.78 is 0. The molecule has 0 aliphatic rings. The summed E-state index contributed by atoms with van der Waals surface area (Å²) in [5.41, 5.74) is 1.79. The molecule has 3 aromatic heterocycles. The Balaban J connectivity index is 1.68. The van der Waals surface area contributed by atoms with E-state index in [2.05, 4.69) is 25.3 Å². The van der Waals surface area contributed by atoms with Crippen molar-refractivity contribution >= 4 is 11.7 Å². The van der Waals surface area contributed by atoms with E-state index in [1.165, 1.54) is 12.4 Å². The predicted molar refractivity (Wildman–Crippen MR) is 93.2 cm³/mol. The average Bonchev–Trinajstić information content (AvgIpc) is 2.64. The van der Waals surface area contributed by atoms with Gasteiger partial charge in [0.2, 0.25) is 5.91 Å². The number of aromatic nitrogens is 4. The van der Waals surface area contributed by atoms with Crippen LogP contribution in [0.15, 0.2) is 67.4 Å². The summed E-state index contributed by atoms with van der Waals surface area (Å²) in [7, 11) is 0. The second-order valence-electron chi connectivity index (χ2n) is 5.43. The van der Waals surface area contributed by atoms with Crippen molar-refractivity contribution in [3.8, 4) is 0 Å². The Morgan fingerprint density at radius 3 is 2.08 bits per heavy atom. The lowest BCUT2D eigenvalue weighted by molar-refractivity contribution is -0.117. The van der Waals surface area contributed by atoms with Gasteiger partial charge in [0.25, 0.3) is 0 Å². The van der Waals surface area contributed by atoms with E-state index in [0.29, 0.717) is 18.9 Å². The summed E-state index contributed by atoms with van der Waals surface area (Å²) in [6.07, 6.45) is 8.10. The SMILES string of the molecule is O=C(CN(Cc1ccccn1)Cc1ccccn1)Nc1cnccn1. The first-order chi connectivity index (χ1) is 12.3. The van der Waals surface area contributed by atoms with Crippen molar-refractivity contribution in [3.63, 3.8) is 0 Å². The maximum absolute atomic E-state index is 12.3. The number of anilines is 1. The van der Waals surface area contributed by atoms with Crippen LogP contribution < -0.4 is 5.32 Å². The monoisotopic (exact) mass is 334 g/mol. The molecule has 0 bridgehead atoms. The number of rotatable bonds is 7. The number of hydrogen-bond donors (Lipinski definition) is 1. The van der Waals surface area contributed by atoms with Crippen LogP contribution >= 0.6 is 0 Å². The zero-order valence-electron chi connectivity index (χ0n) is 13.6. The molecule has 0 aromatic carbocycles. The van der Waals surface area contributed by atoms with Gasteiger partial charge in [-0.2, -0.15) is 0 Å². The first kappa shape index (κ1) is 16.7. The molecule has 0 unspecified atom stereocenters. The van der Waals surface area contributed by atoms with E-state index in [9.17, 15) is 4.79 Å². The topological polar surface area (TPSA) is 83.9 Å². The number of carbonyl (C=O) groups is 1. The highest BCUT2D eigenvalue weighted by Crippen LogP contribution is 2.07. The van der Waals surface area contributed by atoms with Crippen molar-refractivity contribution in [1.82, 2.24) is 24.8 Å². The first-order valence-electron chi connectivity index (χ1n) is 7.87. The Morgan fingerprint density at radius 1 is 0.880 bits per heavy atom. The summed E-state index contributed by atoms with van der Waals surface area (Å²) in [5, 5.41) is 2.75. The van der Waals surface area contributed by atoms with Gasteiger partial charge in [-0.1, -0.05) is 12.1 Å². The molecule has 0 aliphatic heterocycles. The van der Waals surface area contributed by atoms with Crippen LogP contribution in [0.3, 0.4) is 0 Å². The maximum Gasteiger partial charge on any atom is 0.239 e. The van der Waals surface area contributed by atoms with Crippen LogP contribution in [0.1, 0.15) is 11.4 Å². The quantitative estimate of drug-likeness (QED) is 0.710. The van der Waals surface area contributed by atoms with Gasteiger partial charge in [0, 0.05) is 37.9 Å². The zero-order valence-corrected chi connectivity index (χ0v) is 13.6. The molecule has 3 rings (SSSR count). The van der Waals surface area contributed by atoms with Crippen LogP contribution in [0.25, 0.3) is 0 Å². The van der Waals surface area contributed by atoms with Crippen molar-refractivity contribution in [2.24, 2.45) is 0 Å². The Kier molecular flexibility index (Phi) is 5.73. The lowest BCUT2D eigenvalue weighted by Gasteiger charge is -2.21. The summed E-state index contributed by atoms with van der Waals surface area (Å²) in [6.45, 7) is 1.29. The van der Waals surface area contributed by atoms with Gasteiger partial charge in [-0.05, 0) is 24.3 Å². The molecule has 7 nitrogen and oxygen atoms in total. The molecule has 7 heteroatoms. The molecule has 126 valence electrons. The maximum atomic E-state index is 12.3. The molecule has 0 saturated heterocycles. The molecule has 1 N–H and O–H groups in total. The number of hydrogen-bond acceptors (Lipinski definition) is 6. The molecule has 3 heterocycles. The number of amides is 1. The molecular weight excluding hydrogens is 316 g/mol. The third-order valence-corrected chi connectivity index (χ3v) is 3.42. The fourth-order valence-electron chi connectivity index (χ4n) is 2.36. The minimum Gasteiger partial charge on any atom is -0.308 e. The molecule has 0 radical (unpaired) electrons. The molecule has 0 spiro atoms. The van der Waals surface area contributed by atoms with Crippen molar-refractivity contribution in [2.75, 3.05) is 11.9 Å². The van der Waals surface area contributed by atoms with E-state index in [4.69, 9.17) is 0 Å². The van der Waals surface area contributed by atoms with Gasteiger partial charge in [0.15, 0.2) is 5.82 Å². The Bertz CT molecular complexity index is 741. The predicted octanol–water partition coefficient (Wildman–Crippen LogP) is 1.91. The average molecular weight is 334 g/mol. The van der Waals surface area contributed by atoms with Gasteiger partial charge in [0.05, 0.1) is 24.1 Å². The van der Waals surface area contributed by atoms with Crippen LogP contribution in [-0.2, 0) is 17.9 Å². The van der Waals surface area contributed by atoms with Crippen LogP contribution in [0.2, 0.25) is 0 Å². The Morgan fingerprint density at radius 2 is 1.56 bits per heavy atom. The number of carbonyl (C=O) groups excluding carboxylic acids is 1. The van der Waals surface area contributed by atoms with E-state index in [1.54, 1.807) is 18.6 Å². The van der Waals surface area contributed by atoms with Crippen molar-refractivity contribution < 1.29 is 4.79 Å². The van der Waals surface area contributed by atoms with Gasteiger partial charge < -0.3 is 5.32 Å². The highest BCUT2D eigenvalue weighted by atomic mass is 16.2. The molecule has 0 saturated carbocycles. The largest absolute Gasteiger partial charge is 0.308 e. The van der Waals surface area contributed by atoms with Gasteiger partial charge >= 0.3 is 0 Å². The number of pyridine rings is 2. The van der Waals surface area contributed by atoms with Gasteiger partial charge in [0.1, 0.15) is 0 Å². The fourth-order valence-corrected chi connectivity index (χ4v) is 2.36. The lowest BCUT2D eigenvalue weighted by Crippen LogP contribution is -2.33. The molecule has 1 amide bonds. The van der Waals surface area contributed by atoms with Crippen LogP contribution in [0.4, 0.5) is 5.82 Å². The van der Waals surface area contributed by atoms with E-state index in [0.717, 1.165) is 11.4 Å². The second-order valence-corrected chi connectivity index (χ2v) is 5.43. The summed E-state index contributed by atoms with van der Waals surface area (Å²) in [4.78, 5) is 31.0. The Labute approximate surface area is 145 Å². The summed E-state index contributed by atoms with van der Waals surface area (Å²) >= 11 is 0. The standard InChI is InChI=1S/C18H18N6O/c25-18(23-17-11-19-9-10-22-17)14-24(12-15-5-1-3-7-20-15)13-16-6-2-4-8-21-16/h1-11H,12-14H2,(H,22,23,25). The summed E-state index contributed by atoms with van der Waals surface area (Å²) in [5.74, 6) is 0.274. The molecule has 3 aromatic rings. The molecule has 0 aliphatic carbocycles.